The van der Waals surface area contributed by atoms with E-state index >= 15 is 0 Å². The molecule has 2 fully saturated rings. The molecular weight excluding hydrogens is 358 g/mol. The van der Waals surface area contributed by atoms with E-state index in [-0.39, 0.29) is 29.8 Å². The number of sulfonamides is 1. The molecule has 1 aromatic carbocycles. The number of carbonyl (C=O) groups excluding carboxylic acids is 2. The van der Waals surface area contributed by atoms with E-state index < -0.39 is 10.0 Å². The molecule has 8 nitrogen and oxygen atoms in total. The lowest BCUT2D eigenvalue weighted by molar-refractivity contribution is -0.129. The Bertz CT molecular complexity index is 764. The van der Waals surface area contributed by atoms with Crippen molar-refractivity contribution in [3.63, 3.8) is 0 Å². The molecule has 0 radical (unpaired) electrons. The fourth-order valence-corrected chi connectivity index (χ4v) is 4.53. The molecule has 142 valence electrons. The van der Waals surface area contributed by atoms with Crippen LogP contribution in [0.3, 0.4) is 0 Å². The van der Waals surface area contributed by atoms with Gasteiger partial charge in [0, 0.05) is 51.8 Å². The van der Waals surface area contributed by atoms with E-state index in [4.69, 9.17) is 4.74 Å². The Balaban J connectivity index is 1.69. The minimum absolute atomic E-state index is 0.0481. The van der Waals surface area contributed by atoms with Crippen molar-refractivity contribution in [1.29, 1.82) is 0 Å². The van der Waals surface area contributed by atoms with Crippen molar-refractivity contribution >= 4 is 21.8 Å². The Morgan fingerprint density at radius 2 is 1.46 bits per heavy atom. The summed E-state index contributed by atoms with van der Waals surface area (Å²) in [5.74, 6) is -0.166. The van der Waals surface area contributed by atoms with E-state index in [0.29, 0.717) is 45.0 Å². The third-order valence-corrected chi connectivity index (χ3v) is 6.63. The van der Waals surface area contributed by atoms with Crippen LogP contribution in [0.25, 0.3) is 0 Å². The van der Waals surface area contributed by atoms with Gasteiger partial charge in [0.1, 0.15) is 0 Å². The molecule has 2 saturated heterocycles. The van der Waals surface area contributed by atoms with E-state index in [1.807, 2.05) is 0 Å². The van der Waals surface area contributed by atoms with Crippen LogP contribution >= 0.6 is 0 Å². The molecule has 9 heteroatoms. The van der Waals surface area contributed by atoms with Crippen LogP contribution in [-0.4, -0.2) is 86.8 Å². The Morgan fingerprint density at radius 3 is 2.00 bits per heavy atom. The van der Waals surface area contributed by atoms with Crippen LogP contribution in [0.1, 0.15) is 17.3 Å². The van der Waals surface area contributed by atoms with Crippen LogP contribution < -0.4 is 0 Å². The third kappa shape index (κ3) is 3.89. The summed E-state index contributed by atoms with van der Waals surface area (Å²) < 4.78 is 32.1. The van der Waals surface area contributed by atoms with Crippen molar-refractivity contribution in [3.05, 3.63) is 29.8 Å². The molecule has 1 aromatic rings. The average molecular weight is 381 g/mol. The number of nitrogens with zero attached hydrogens (tertiary/aromatic N) is 3. The number of carbonyl (C=O) groups is 2. The van der Waals surface area contributed by atoms with E-state index in [2.05, 4.69) is 0 Å². The molecule has 3 rings (SSSR count). The predicted molar refractivity (Wildman–Crippen MR) is 94.2 cm³/mol. The number of hydrogen-bond donors (Lipinski definition) is 0. The highest BCUT2D eigenvalue weighted by molar-refractivity contribution is 7.89. The van der Waals surface area contributed by atoms with Gasteiger partial charge in [-0.2, -0.15) is 4.31 Å². The number of amides is 2. The normalized spacial score (nSPS) is 19.4. The van der Waals surface area contributed by atoms with Gasteiger partial charge in [0.05, 0.1) is 18.1 Å². The van der Waals surface area contributed by atoms with Gasteiger partial charge < -0.3 is 14.5 Å². The summed E-state index contributed by atoms with van der Waals surface area (Å²) in [6.07, 6.45) is 0. The number of piperazine rings is 1. The van der Waals surface area contributed by atoms with Gasteiger partial charge in [-0.1, -0.05) is 0 Å². The average Bonchev–Trinajstić information content (AvgIpc) is 2.68. The molecule has 0 spiro atoms. The Kier molecular flexibility index (Phi) is 5.59. The number of benzene rings is 1. The Labute approximate surface area is 153 Å². The van der Waals surface area contributed by atoms with E-state index in [1.165, 1.54) is 23.4 Å². The zero-order valence-electron chi connectivity index (χ0n) is 14.8. The van der Waals surface area contributed by atoms with Crippen LogP contribution in [0.2, 0.25) is 0 Å². The number of hydrogen-bond acceptors (Lipinski definition) is 5. The largest absolute Gasteiger partial charge is 0.378 e. The minimum Gasteiger partial charge on any atom is -0.378 e. The van der Waals surface area contributed by atoms with Gasteiger partial charge in [0.25, 0.3) is 5.91 Å². The predicted octanol–water partition coefficient (Wildman–Crippen LogP) is 0.0118. The molecule has 0 aromatic heterocycles. The van der Waals surface area contributed by atoms with Crippen LogP contribution in [0.15, 0.2) is 29.2 Å². The standard InChI is InChI=1S/C17H23N3O5S/c1-14(21)18-6-8-20(9-7-18)26(23,24)16-4-2-15(3-5-16)17(22)19-10-12-25-13-11-19/h2-5H,6-13H2,1H3. The molecule has 0 bridgehead atoms. The second-order valence-corrected chi connectivity index (χ2v) is 8.28. The molecule has 0 N–H and O–H groups in total. The first-order valence-corrected chi connectivity index (χ1v) is 10.1. The van der Waals surface area contributed by atoms with E-state index in [0.717, 1.165) is 0 Å². The first-order valence-electron chi connectivity index (χ1n) is 8.62. The van der Waals surface area contributed by atoms with Crippen LogP contribution in [-0.2, 0) is 19.6 Å². The first-order chi connectivity index (χ1) is 12.4. The summed E-state index contributed by atoms with van der Waals surface area (Å²) in [4.78, 5) is 27.3. The molecule has 2 aliphatic rings. The molecular formula is C17H23N3O5S. The van der Waals surface area contributed by atoms with Crippen molar-refractivity contribution in [2.75, 3.05) is 52.5 Å². The quantitative estimate of drug-likeness (QED) is 0.736. The van der Waals surface area contributed by atoms with Gasteiger partial charge in [-0.25, -0.2) is 8.42 Å². The molecule has 2 amide bonds. The summed E-state index contributed by atoms with van der Waals surface area (Å²) in [5.41, 5.74) is 0.465. The van der Waals surface area contributed by atoms with Crippen molar-refractivity contribution in [2.45, 2.75) is 11.8 Å². The highest BCUT2D eigenvalue weighted by Gasteiger charge is 2.29. The minimum atomic E-state index is -3.63. The first kappa shape index (κ1) is 18.8. The fourth-order valence-electron chi connectivity index (χ4n) is 3.11. The van der Waals surface area contributed by atoms with Gasteiger partial charge in [-0.15, -0.1) is 0 Å². The SMILES string of the molecule is CC(=O)N1CCN(S(=O)(=O)c2ccc(C(=O)N3CCOCC3)cc2)CC1. The smallest absolute Gasteiger partial charge is 0.254 e. The van der Waals surface area contributed by atoms with E-state index in [9.17, 15) is 18.0 Å². The highest BCUT2D eigenvalue weighted by Crippen LogP contribution is 2.19. The van der Waals surface area contributed by atoms with Crippen molar-refractivity contribution in [3.8, 4) is 0 Å². The summed E-state index contributed by atoms with van der Waals surface area (Å²) in [6, 6.07) is 6.05. The Hall–Kier alpha value is -1.97. The van der Waals surface area contributed by atoms with Crippen LogP contribution in [0, 0.1) is 0 Å². The molecule has 0 saturated carbocycles. The summed E-state index contributed by atoms with van der Waals surface area (Å²) in [7, 11) is -3.63. The summed E-state index contributed by atoms with van der Waals surface area (Å²) in [5, 5.41) is 0. The maximum absolute atomic E-state index is 12.8. The maximum atomic E-state index is 12.8. The second-order valence-electron chi connectivity index (χ2n) is 6.34. The molecule has 0 atom stereocenters. The third-order valence-electron chi connectivity index (χ3n) is 4.72. The molecule has 0 aliphatic carbocycles. The summed E-state index contributed by atoms with van der Waals surface area (Å²) in [6.45, 7) is 4.93. The molecule has 26 heavy (non-hydrogen) atoms. The lowest BCUT2D eigenvalue weighted by Gasteiger charge is -2.33. The fraction of sp³-hybridized carbons (Fsp3) is 0.529. The van der Waals surface area contributed by atoms with Gasteiger partial charge in [0.2, 0.25) is 15.9 Å². The monoisotopic (exact) mass is 381 g/mol. The lowest BCUT2D eigenvalue weighted by Crippen LogP contribution is -2.49. The number of rotatable bonds is 3. The van der Waals surface area contributed by atoms with Crippen molar-refractivity contribution in [1.82, 2.24) is 14.1 Å². The molecule has 2 aliphatic heterocycles. The number of ether oxygens (including phenoxy) is 1. The Morgan fingerprint density at radius 1 is 0.885 bits per heavy atom. The zero-order chi connectivity index (χ0) is 18.7. The van der Waals surface area contributed by atoms with E-state index in [1.54, 1.807) is 21.9 Å². The number of morpholine rings is 1. The summed E-state index contributed by atoms with van der Waals surface area (Å²) >= 11 is 0. The lowest BCUT2D eigenvalue weighted by atomic mass is 10.2. The molecule has 2 heterocycles. The van der Waals surface area contributed by atoms with Gasteiger partial charge in [-0.05, 0) is 24.3 Å². The van der Waals surface area contributed by atoms with Crippen molar-refractivity contribution in [2.24, 2.45) is 0 Å². The van der Waals surface area contributed by atoms with Crippen LogP contribution in [0.5, 0.6) is 0 Å². The van der Waals surface area contributed by atoms with Crippen molar-refractivity contribution < 1.29 is 22.7 Å². The molecule has 0 unspecified atom stereocenters. The zero-order valence-corrected chi connectivity index (χ0v) is 15.6. The van der Waals surface area contributed by atoms with Gasteiger partial charge >= 0.3 is 0 Å². The van der Waals surface area contributed by atoms with Crippen LogP contribution in [0.4, 0.5) is 0 Å². The van der Waals surface area contributed by atoms with Gasteiger partial charge in [-0.3, -0.25) is 9.59 Å². The maximum Gasteiger partial charge on any atom is 0.254 e. The second kappa shape index (κ2) is 7.73. The highest BCUT2D eigenvalue weighted by atomic mass is 32.2. The van der Waals surface area contributed by atoms with Gasteiger partial charge in [0.15, 0.2) is 0 Å². The topological polar surface area (TPSA) is 87.2 Å².